The summed E-state index contributed by atoms with van der Waals surface area (Å²) in [5, 5.41) is 14.5. The quantitative estimate of drug-likeness (QED) is 0.670. The van der Waals surface area contributed by atoms with E-state index in [4.69, 9.17) is 4.74 Å². The summed E-state index contributed by atoms with van der Waals surface area (Å²) < 4.78 is 18.6. The number of fused-ring (bicyclic) bond motifs is 1. The Morgan fingerprint density at radius 2 is 2.05 bits per heavy atom. The van der Waals surface area contributed by atoms with Crippen molar-refractivity contribution in [3.05, 3.63) is 28.1 Å². The van der Waals surface area contributed by atoms with Crippen LogP contribution in [0.2, 0.25) is 0 Å². The summed E-state index contributed by atoms with van der Waals surface area (Å²) in [5.74, 6) is 0.348. The van der Waals surface area contributed by atoms with Crippen molar-refractivity contribution in [2.45, 2.75) is 0 Å². The first-order chi connectivity index (χ1) is 9.60. The van der Waals surface area contributed by atoms with E-state index in [0.29, 0.717) is 17.5 Å². The molecule has 2 heterocycles. The van der Waals surface area contributed by atoms with Gasteiger partial charge in [-0.25, -0.2) is 4.39 Å². The second-order valence-corrected chi connectivity index (χ2v) is 5.32. The molecule has 2 aliphatic rings. The summed E-state index contributed by atoms with van der Waals surface area (Å²) in [6.07, 6.45) is 0. The third kappa shape index (κ3) is 2.07. The number of hydrogen-bond donors (Lipinski definition) is 1. The zero-order chi connectivity index (χ0) is 14.3. The van der Waals surface area contributed by atoms with Gasteiger partial charge in [-0.3, -0.25) is 10.1 Å². The van der Waals surface area contributed by atoms with E-state index in [-0.39, 0.29) is 11.4 Å². The highest BCUT2D eigenvalue weighted by Gasteiger charge is 2.38. The molecule has 0 amide bonds. The molecule has 0 bridgehead atoms. The third-order valence-corrected chi connectivity index (χ3v) is 4.18. The molecule has 1 aromatic rings. The molecule has 0 spiro atoms. The SMILES string of the molecule is COc1cc(N2C[C@H]3CNC[C@H]3C2)c([N+](=O)[O-])cc1F. The molecule has 2 fully saturated rings. The van der Waals surface area contributed by atoms with Gasteiger partial charge in [0, 0.05) is 32.2 Å². The van der Waals surface area contributed by atoms with Crippen LogP contribution >= 0.6 is 0 Å². The van der Waals surface area contributed by atoms with Gasteiger partial charge in [0.25, 0.3) is 5.69 Å². The number of hydrogen-bond acceptors (Lipinski definition) is 5. The molecule has 6 nitrogen and oxygen atoms in total. The highest BCUT2D eigenvalue weighted by molar-refractivity contribution is 5.67. The van der Waals surface area contributed by atoms with Crippen LogP contribution in [-0.4, -0.2) is 38.2 Å². The molecule has 0 unspecified atom stereocenters. The van der Waals surface area contributed by atoms with Crippen molar-refractivity contribution in [1.29, 1.82) is 0 Å². The molecule has 1 aromatic carbocycles. The highest BCUT2D eigenvalue weighted by Crippen LogP contribution is 2.38. The number of nitro benzene ring substituents is 1. The molecule has 0 aromatic heterocycles. The van der Waals surface area contributed by atoms with Crippen LogP contribution in [0.25, 0.3) is 0 Å². The number of benzene rings is 1. The number of nitrogens with zero attached hydrogens (tertiary/aromatic N) is 2. The molecule has 3 rings (SSSR count). The van der Waals surface area contributed by atoms with Crippen molar-refractivity contribution < 1.29 is 14.1 Å². The summed E-state index contributed by atoms with van der Waals surface area (Å²) >= 11 is 0. The van der Waals surface area contributed by atoms with Crippen LogP contribution in [0.3, 0.4) is 0 Å². The Bertz CT molecular complexity index is 540. The van der Waals surface area contributed by atoms with Gasteiger partial charge >= 0.3 is 0 Å². The second kappa shape index (κ2) is 4.90. The first-order valence-electron chi connectivity index (χ1n) is 6.57. The fourth-order valence-electron chi connectivity index (χ4n) is 3.14. The van der Waals surface area contributed by atoms with Crippen molar-refractivity contribution in [3.63, 3.8) is 0 Å². The van der Waals surface area contributed by atoms with Crippen LogP contribution in [-0.2, 0) is 0 Å². The minimum atomic E-state index is -0.705. The van der Waals surface area contributed by atoms with Gasteiger partial charge in [0.2, 0.25) is 0 Å². The van der Waals surface area contributed by atoms with Crippen molar-refractivity contribution in [2.24, 2.45) is 11.8 Å². The maximum absolute atomic E-state index is 13.7. The number of anilines is 1. The van der Waals surface area contributed by atoms with Crippen LogP contribution in [0, 0.1) is 27.8 Å². The molecule has 2 atom stereocenters. The third-order valence-electron chi connectivity index (χ3n) is 4.18. The normalized spacial score (nSPS) is 24.8. The van der Waals surface area contributed by atoms with E-state index in [1.807, 2.05) is 4.90 Å². The zero-order valence-electron chi connectivity index (χ0n) is 11.1. The van der Waals surface area contributed by atoms with E-state index in [1.165, 1.54) is 13.2 Å². The number of rotatable bonds is 3. The van der Waals surface area contributed by atoms with Gasteiger partial charge in [-0.2, -0.15) is 0 Å². The van der Waals surface area contributed by atoms with Crippen LogP contribution < -0.4 is 15.0 Å². The van der Waals surface area contributed by atoms with Gasteiger partial charge in [0.1, 0.15) is 5.69 Å². The molecule has 1 N–H and O–H groups in total. The monoisotopic (exact) mass is 281 g/mol. The number of ether oxygens (including phenoxy) is 1. The van der Waals surface area contributed by atoms with Crippen LogP contribution in [0.1, 0.15) is 0 Å². The van der Waals surface area contributed by atoms with Crippen LogP contribution in [0.15, 0.2) is 12.1 Å². The Morgan fingerprint density at radius 1 is 1.40 bits per heavy atom. The molecular weight excluding hydrogens is 265 g/mol. The Labute approximate surface area is 115 Å². The molecule has 0 saturated carbocycles. The predicted molar refractivity (Wildman–Crippen MR) is 71.7 cm³/mol. The smallest absolute Gasteiger partial charge is 0.295 e. The van der Waals surface area contributed by atoms with Gasteiger partial charge < -0.3 is 15.0 Å². The minimum absolute atomic E-state index is 0.0424. The molecule has 7 heteroatoms. The van der Waals surface area contributed by atoms with Gasteiger partial charge in [0.15, 0.2) is 11.6 Å². The largest absolute Gasteiger partial charge is 0.494 e. The number of nitro groups is 1. The maximum Gasteiger partial charge on any atom is 0.295 e. The van der Waals surface area contributed by atoms with E-state index in [0.717, 1.165) is 32.2 Å². The number of halogens is 1. The van der Waals surface area contributed by atoms with Crippen LogP contribution in [0.4, 0.5) is 15.8 Å². The Kier molecular flexibility index (Phi) is 3.21. The lowest BCUT2D eigenvalue weighted by molar-refractivity contribution is -0.384. The standard InChI is InChI=1S/C13H16FN3O3/c1-20-13-3-11(12(17(18)19)2-10(13)14)16-6-8-4-15-5-9(8)7-16/h2-3,8-9,15H,4-7H2,1H3/t8-,9+. The van der Waals surface area contributed by atoms with Crippen molar-refractivity contribution in [2.75, 3.05) is 38.2 Å². The topological polar surface area (TPSA) is 67.6 Å². The summed E-state index contributed by atoms with van der Waals surface area (Å²) in [7, 11) is 1.36. The minimum Gasteiger partial charge on any atom is -0.494 e. The molecule has 0 radical (unpaired) electrons. The summed E-state index contributed by atoms with van der Waals surface area (Å²) in [6.45, 7) is 3.39. The summed E-state index contributed by atoms with van der Waals surface area (Å²) in [4.78, 5) is 12.6. The van der Waals surface area contributed by atoms with Gasteiger partial charge in [0.05, 0.1) is 18.1 Å². The molecule has 20 heavy (non-hydrogen) atoms. The summed E-state index contributed by atoms with van der Waals surface area (Å²) in [5.41, 5.74) is 0.249. The van der Waals surface area contributed by atoms with E-state index >= 15 is 0 Å². The van der Waals surface area contributed by atoms with E-state index in [1.54, 1.807) is 0 Å². The predicted octanol–water partition coefficient (Wildman–Crippen LogP) is 1.40. The van der Waals surface area contributed by atoms with Crippen molar-refractivity contribution >= 4 is 11.4 Å². The fourth-order valence-corrected chi connectivity index (χ4v) is 3.14. The van der Waals surface area contributed by atoms with Gasteiger partial charge in [-0.15, -0.1) is 0 Å². The second-order valence-electron chi connectivity index (χ2n) is 5.32. The van der Waals surface area contributed by atoms with Crippen molar-refractivity contribution in [1.82, 2.24) is 5.32 Å². The number of methoxy groups -OCH3 is 1. The van der Waals surface area contributed by atoms with E-state index in [9.17, 15) is 14.5 Å². The highest BCUT2D eigenvalue weighted by atomic mass is 19.1. The fraction of sp³-hybridized carbons (Fsp3) is 0.538. The number of nitrogens with one attached hydrogen (secondary N) is 1. The Morgan fingerprint density at radius 3 is 2.60 bits per heavy atom. The van der Waals surface area contributed by atoms with E-state index in [2.05, 4.69) is 5.32 Å². The maximum atomic E-state index is 13.7. The molecule has 2 aliphatic heterocycles. The van der Waals surface area contributed by atoms with Crippen molar-refractivity contribution in [3.8, 4) is 5.75 Å². The molecular formula is C13H16FN3O3. The lowest BCUT2D eigenvalue weighted by atomic mass is 10.0. The first-order valence-corrected chi connectivity index (χ1v) is 6.57. The molecule has 108 valence electrons. The molecule has 2 saturated heterocycles. The summed E-state index contributed by atoms with van der Waals surface area (Å²) in [6, 6.07) is 2.38. The van der Waals surface area contributed by atoms with Gasteiger partial charge in [-0.05, 0) is 11.8 Å². The zero-order valence-corrected chi connectivity index (χ0v) is 11.1. The van der Waals surface area contributed by atoms with Gasteiger partial charge in [-0.1, -0.05) is 0 Å². The molecule has 0 aliphatic carbocycles. The first kappa shape index (κ1) is 13.1. The Hall–Kier alpha value is -1.89. The average Bonchev–Trinajstić information content (AvgIpc) is 2.99. The Balaban J connectivity index is 1.97. The van der Waals surface area contributed by atoms with E-state index < -0.39 is 10.7 Å². The lowest BCUT2D eigenvalue weighted by Crippen LogP contribution is -2.26. The average molecular weight is 281 g/mol. The van der Waals surface area contributed by atoms with Crippen LogP contribution in [0.5, 0.6) is 5.75 Å². The lowest BCUT2D eigenvalue weighted by Gasteiger charge is -2.20.